The first-order valence-corrected chi connectivity index (χ1v) is 15.2. The van der Waals surface area contributed by atoms with Crippen molar-refractivity contribution in [3.05, 3.63) is 114 Å². The summed E-state index contributed by atoms with van der Waals surface area (Å²) in [7, 11) is 0. The Kier molecular flexibility index (Phi) is 8.41. The Morgan fingerprint density at radius 2 is 1.73 bits per heavy atom. The summed E-state index contributed by atoms with van der Waals surface area (Å²) < 4.78 is 1.74. The fourth-order valence-corrected chi connectivity index (χ4v) is 6.22. The number of aliphatic hydroxyl groups is 2. The molecule has 2 amide bonds. The molecule has 226 valence electrons. The second kappa shape index (κ2) is 12.6. The lowest BCUT2D eigenvalue weighted by Crippen LogP contribution is -2.43. The zero-order valence-electron chi connectivity index (χ0n) is 24.8. The van der Waals surface area contributed by atoms with Crippen LogP contribution in [-0.4, -0.2) is 50.2 Å². The van der Waals surface area contributed by atoms with Crippen LogP contribution in [0.4, 0.5) is 17.1 Å². The maximum atomic E-state index is 14.1. The first kappa shape index (κ1) is 29.5. The van der Waals surface area contributed by atoms with Gasteiger partial charge in [0.25, 0.3) is 5.91 Å². The predicted molar refractivity (Wildman–Crippen MR) is 168 cm³/mol. The van der Waals surface area contributed by atoms with Gasteiger partial charge in [-0.1, -0.05) is 72.8 Å². The van der Waals surface area contributed by atoms with Gasteiger partial charge in [-0.05, 0) is 55.2 Å². The van der Waals surface area contributed by atoms with E-state index in [1.165, 1.54) is 0 Å². The Morgan fingerprint density at radius 1 is 0.977 bits per heavy atom. The Balaban J connectivity index is 1.22. The van der Waals surface area contributed by atoms with Crippen molar-refractivity contribution in [2.24, 2.45) is 5.92 Å². The Hall–Kier alpha value is -4.60. The van der Waals surface area contributed by atoms with E-state index in [1.54, 1.807) is 14.5 Å². The van der Waals surface area contributed by atoms with Crippen LogP contribution >= 0.6 is 0 Å². The largest absolute Gasteiger partial charge is 0.395 e. The smallest absolute Gasteiger partial charge is 0.268 e. The van der Waals surface area contributed by atoms with E-state index in [1.807, 2.05) is 104 Å². The maximum Gasteiger partial charge on any atom is 0.268 e. The summed E-state index contributed by atoms with van der Waals surface area (Å²) in [6.45, 7) is 2.94. The lowest BCUT2D eigenvalue weighted by molar-refractivity contribution is -0.138. The number of carbonyl (C=O) groups is 2. The highest BCUT2D eigenvalue weighted by molar-refractivity contribution is 6.12. The van der Waals surface area contributed by atoms with Crippen LogP contribution in [0.25, 0.3) is 0 Å². The number of rotatable bonds is 10. The van der Waals surface area contributed by atoms with Crippen LogP contribution in [0.2, 0.25) is 0 Å². The van der Waals surface area contributed by atoms with E-state index in [4.69, 9.17) is 0 Å². The minimum absolute atomic E-state index is 0.0577. The molecule has 1 aromatic heterocycles. The summed E-state index contributed by atoms with van der Waals surface area (Å²) in [5.41, 5.74) is 2.34. The number of hydrogen-bond acceptors (Lipinski definition) is 6. The number of amides is 2. The first-order chi connectivity index (χ1) is 21.4. The van der Waals surface area contributed by atoms with Crippen LogP contribution < -0.4 is 9.80 Å². The van der Waals surface area contributed by atoms with Gasteiger partial charge in [0, 0.05) is 48.6 Å². The van der Waals surface area contributed by atoms with Gasteiger partial charge in [-0.2, -0.15) is 0 Å². The van der Waals surface area contributed by atoms with Crippen LogP contribution in [-0.2, 0) is 21.7 Å². The first-order valence-electron chi connectivity index (χ1n) is 15.2. The molecule has 1 saturated heterocycles. The molecule has 44 heavy (non-hydrogen) atoms. The van der Waals surface area contributed by atoms with Gasteiger partial charge >= 0.3 is 0 Å². The van der Waals surface area contributed by atoms with Crippen molar-refractivity contribution in [3.8, 4) is 0 Å². The molecule has 3 aromatic carbocycles. The van der Waals surface area contributed by atoms with Crippen molar-refractivity contribution < 1.29 is 19.8 Å². The SMILES string of the molecule is C[C@H](/C=C/CCn1cc(C(CO)c2ccccc2)nn1)[C@@]1(O)C(=O)N(c2ccccc2)c2ccc(N3CCCCC3=O)cc21. The molecule has 1 fully saturated rings. The van der Waals surface area contributed by atoms with Gasteiger partial charge in [-0.3, -0.25) is 19.2 Å². The molecule has 0 aliphatic carbocycles. The van der Waals surface area contributed by atoms with Crippen LogP contribution in [0.5, 0.6) is 0 Å². The number of aliphatic hydroxyl groups excluding tert-OH is 1. The molecule has 3 heterocycles. The number of nitrogens with zero attached hydrogens (tertiary/aromatic N) is 5. The highest BCUT2D eigenvalue weighted by Gasteiger charge is 2.53. The van der Waals surface area contributed by atoms with Crippen molar-refractivity contribution in [2.75, 3.05) is 23.0 Å². The molecule has 0 radical (unpaired) electrons. The van der Waals surface area contributed by atoms with Gasteiger partial charge in [0.2, 0.25) is 5.91 Å². The number of carbonyl (C=O) groups excluding carboxylic acids is 2. The maximum absolute atomic E-state index is 14.1. The van der Waals surface area contributed by atoms with Crippen molar-refractivity contribution in [2.45, 2.75) is 50.7 Å². The normalized spacial score (nSPS) is 19.9. The molecule has 2 aliphatic heterocycles. The molecule has 0 spiro atoms. The number of fused-ring (bicyclic) bond motifs is 1. The van der Waals surface area contributed by atoms with Crippen molar-refractivity contribution in [1.29, 1.82) is 0 Å². The van der Waals surface area contributed by atoms with Gasteiger partial charge < -0.3 is 15.1 Å². The minimum atomic E-state index is -1.82. The molecule has 1 unspecified atom stereocenters. The predicted octanol–water partition coefficient (Wildman–Crippen LogP) is 5.07. The van der Waals surface area contributed by atoms with Gasteiger partial charge in [-0.25, -0.2) is 0 Å². The fourth-order valence-electron chi connectivity index (χ4n) is 6.22. The fraction of sp³-hybridized carbons (Fsp3) is 0.314. The summed E-state index contributed by atoms with van der Waals surface area (Å²) in [5.74, 6) is -1.17. The van der Waals surface area contributed by atoms with E-state index in [9.17, 15) is 19.8 Å². The van der Waals surface area contributed by atoms with Crippen molar-refractivity contribution in [1.82, 2.24) is 15.0 Å². The van der Waals surface area contributed by atoms with Gasteiger partial charge in [0.15, 0.2) is 5.60 Å². The second-order valence-electron chi connectivity index (χ2n) is 11.5. The third-order valence-corrected chi connectivity index (χ3v) is 8.72. The molecule has 6 rings (SSSR count). The molecule has 9 heteroatoms. The Labute approximate surface area is 257 Å². The lowest BCUT2D eigenvalue weighted by atomic mass is 9.82. The average molecular weight is 592 g/mol. The molecule has 0 saturated carbocycles. The number of aromatic nitrogens is 3. The van der Waals surface area contributed by atoms with E-state index >= 15 is 0 Å². The third-order valence-electron chi connectivity index (χ3n) is 8.72. The van der Waals surface area contributed by atoms with Gasteiger partial charge in [0.1, 0.15) is 0 Å². The van der Waals surface area contributed by atoms with Gasteiger partial charge in [-0.15, -0.1) is 5.10 Å². The number of allylic oxidation sites excluding steroid dienone is 1. The van der Waals surface area contributed by atoms with Crippen LogP contribution in [0, 0.1) is 5.92 Å². The molecular weight excluding hydrogens is 554 g/mol. The molecule has 0 bridgehead atoms. The minimum Gasteiger partial charge on any atom is -0.395 e. The zero-order valence-corrected chi connectivity index (χ0v) is 24.8. The topological polar surface area (TPSA) is 112 Å². The number of aryl methyl sites for hydroxylation is 1. The van der Waals surface area contributed by atoms with E-state index in [-0.39, 0.29) is 18.4 Å². The summed E-state index contributed by atoms with van der Waals surface area (Å²) >= 11 is 0. The molecule has 2 aliphatic rings. The zero-order chi connectivity index (χ0) is 30.7. The standard InChI is InChI=1S/C35H37N5O4/c1-25(12-8-10-20-38-23-31(36-37-38)29(24-41)26-13-4-2-5-14-26)35(44)30-22-28(39-21-11-9-17-33(39)42)18-19-32(30)40(34(35)43)27-15-6-3-7-16-27/h2-8,12-16,18-19,22-23,25,29,41,44H,9-11,17,20-21,24H2,1H3/b12-8+/t25-,29?,35+/m1/s1. The van der Waals surface area contributed by atoms with Crippen LogP contribution in [0.1, 0.15) is 55.3 Å². The highest BCUT2D eigenvalue weighted by atomic mass is 16.3. The summed E-state index contributed by atoms with van der Waals surface area (Å²) in [4.78, 5) is 30.1. The Morgan fingerprint density at radius 3 is 2.45 bits per heavy atom. The molecule has 2 N–H and O–H groups in total. The van der Waals surface area contributed by atoms with Crippen LogP contribution in [0.3, 0.4) is 0 Å². The summed E-state index contributed by atoms with van der Waals surface area (Å²) in [5, 5.41) is 30.7. The molecule has 4 aromatic rings. The quantitative estimate of drug-likeness (QED) is 0.249. The van der Waals surface area contributed by atoms with E-state index in [2.05, 4.69) is 10.3 Å². The number of para-hydroxylation sites is 1. The van der Waals surface area contributed by atoms with E-state index in [0.717, 1.165) is 18.4 Å². The third kappa shape index (κ3) is 5.44. The molecular formula is C35H37N5O4. The molecule has 9 nitrogen and oxygen atoms in total. The summed E-state index contributed by atoms with van der Waals surface area (Å²) in [6.07, 6.45) is 8.54. The number of hydrogen-bond donors (Lipinski definition) is 2. The Bertz CT molecular complexity index is 1650. The van der Waals surface area contributed by atoms with Gasteiger partial charge in [0.05, 0.1) is 23.9 Å². The van der Waals surface area contributed by atoms with E-state index < -0.39 is 17.4 Å². The van der Waals surface area contributed by atoms with Crippen molar-refractivity contribution >= 4 is 28.9 Å². The lowest BCUT2D eigenvalue weighted by Gasteiger charge is -2.30. The van der Waals surface area contributed by atoms with E-state index in [0.29, 0.717) is 54.3 Å². The summed E-state index contributed by atoms with van der Waals surface area (Å²) in [6, 6.07) is 24.5. The number of piperidine rings is 1. The second-order valence-corrected chi connectivity index (χ2v) is 11.5. The number of benzene rings is 3. The van der Waals surface area contributed by atoms with Crippen molar-refractivity contribution in [3.63, 3.8) is 0 Å². The molecule has 3 atom stereocenters. The number of anilines is 3. The average Bonchev–Trinajstić information content (AvgIpc) is 3.61. The van der Waals surface area contributed by atoms with Crippen LogP contribution in [0.15, 0.2) is 97.2 Å². The highest BCUT2D eigenvalue weighted by Crippen LogP contribution is 2.49. The monoisotopic (exact) mass is 591 g/mol.